The number of amides is 1. The van der Waals surface area contributed by atoms with Crippen LogP contribution in [0.3, 0.4) is 0 Å². The Hall–Kier alpha value is -1.54. The number of hydrogen-bond acceptors (Lipinski definition) is 5. The van der Waals surface area contributed by atoms with Crippen molar-refractivity contribution in [1.82, 2.24) is 9.78 Å². The molecular formula is C11H18N4O3S. The van der Waals surface area contributed by atoms with Crippen molar-refractivity contribution in [3.05, 3.63) is 11.4 Å². The zero-order valence-corrected chi connectivity index (χ0v) is 12.0. The van der Waals surface area contributed by atoms with Crippen molar-refractivity contribution in [1.29, 1.82) is 0 Å². The fourth-order valence-corrected chi connectivity index (χ4v) is 2.25. The molecule has 1 heterocycles. The third-order valence-corrected chi connectivity index (χ3v) is 3.68. The molecule has 1 aromatic heterocycles. The molecule has 0 unspecified atom stereocenters. The highest BCUT2D eigenvalue weighted by atomic mass is 32.2. The Morgan fingerprint density at radius 1 is 1.53 bits per heavy atom. The molecule has 0 aliphatic heterocycles. The van der Waals surface area contributed by atoms with Gasteiger partial charge < -0.3 is 16.2 Å². The van der Waals surface area contributed by atoms with E-state index in [0.29, 0.717) is 5.69 Å². The number of hydrogen-bond donors (Lipinski definition) is 3. The summed E-state index contributed by atoms with van der Waals surface area (Å²) in [6.07, 6.45) is 0. The first-order valence-corrected chi connectivity index (χ1v) is 6.84. The number of carbonyl (C=O) groups is 2. The second-order valence-corrected chi connectivity index (χ2v) is 5.21. The van der Waals surface area contributed by atoms with Crippen molar-refractivity contribution in [2.24, 2.45) is 12.8 Å². The van der Waals surface area contributed by atoms with Gasteiger partial charge in [-0.05, 0) is 13.8 Å². The molecule has 7 nitrogen and oxygen atoms in total. The van der Waals surface area contributed by atoms with Crippen LogP contribution >= 0.6 is 11.8 Å². The van der Waals surface area contributed by atoms with E-state index in [-0.39, 0.29) is 17.4 Å². The molecule has 1 atom stereocenters. The zero-order valence-electron chi connectivity index (χ0n) is 11.1. The molecule has 4 N–H and O–H groups in total. The van der Waals surface area contributed by atoms with Crippen LogP contribution in [0, 0.1) is 13.8 Å². The fourth-order valence-electron chi connectivity index (χ4n) is 1.48. The van der Waals surface area contributed by atoms with Crippen molar-refractivity contribution in [2.45, 2.75) is 19.9 Å². The number of anilines is 1. The average Bonchev–Trinajstić information content (AvgIpc) is 2.55. The van der Waals surface area contributed by atoms with Crippen molar-refractivity contribution in [3.8, 4) is 0 Å². The smallest absolute Gasteiger partial charge is 0.321 e. The number of carboxylic acid groups (broad SMARTS) is 1. The van der Waals surface area contributed by atoms with Crippen molar-refractivity contribution in [3.63, 3.8) is 0 Å². The number of nitrogens with two attached hydrogens (primary N) is 1. The molecule has 1 amide bonds. The van der Waals surface area contributed by atoms with Crippen molar-refractivity contribution >= 4 is 29.3 Å². The Balaban J connectivity index is 2.46. The van der Waals surface area contributed by atoms with Gasteiger partial charge in [-0.25, -0.2) is 0 Å². The third kappa shape index (κ3) is 4.25. The SMILES string of the molecule is Cc1nn(C)c(C)c1NC(=O)CSC[C@H](N)C(=O)O. The molecule has 106 valence electrons. The summed E-state index contributed by atoms with van der Waals surface area (Å²) < 4.78 is 1.69. The minimum absolute atomic E-state index is 0.161. The normalized spacial score (nSPS) is 12.2. The monoisotopic (exact) mass is 286 g/mol. The second-order valence-electron chi connectivity index (χ2n) is 4.18. The van der Waals surface area contributed by atoms with E-state index in [0.717, 1.165) is 11.4 Å². The second kappa shape index (κ2) is 6.58. The number of carbonyl (C=O) groups excluding carboxylic acids is 1. The molecule has 0 spiro atoms. The predicted octanol–water partition coefficient (Wildman–Crippen LogP) is 0.121. The van der Waals surface area contributed by atoms with Gasteiger partial charge in [0.05, 0.1) is 22.8 Å². The van der Waals surface area contributed by atoms with Gasteiger partial charge in [0.1, 0.15) is 6.04 Å². The topological polar surface area (TPSA) is 110 Å². The van der Waals surface area contributed by atoms with Gasteiger partial charge in [0, 0.05) is 12.8 Å². The first kappa shape index (κ1) is 15.5. The van der Waals surface area contributed by atoms with E-state index in [4.69, 9.17) is 10.8 Å². The molecule has 0 saturated heterocycles. The molecule has 8 heteroatoms. The van der Waals surface area contributed by atoms with Crippen molar-refractivity contribution in [2.75, 3.05) is 16.8 Å². The van der Waals surface area contributed by atoms with Crippen LogP contribution in [-0.4, -0.2) is 44.3 Å². The molecule has 19 heavy (non-hydrogen) atoms. The summed E-state index contributed by atoms with van der Waals surface area (Å²) in [5.41, 5.74) is 7.67. The van der Waals surface area contributed by atoms with Gasteiger partial charge >= 0.3 is 5.97 Å². The highest BCUT2D eigenvalue weighted by molar-refractivity contribution is 8.00. The van der Waals surface area contributed by atoms with E-state index in [1.54, 1.807) is 11.7 Å². The van der Waals surface area contributed by atoms with Crippen LogP contribution in [0.1, 0.15) is 11.4 Å². The summed E-state index contributed by atoms with van der Waals surface area (Å²) in [4.78, 5) is 22.2. The van der Waals surface area contributed by atoms with E-state index in [1.165, 1.54) is 11.8 Å². The van der Waals surface area contributed by atoms with E-state index >= 15 is 0 Å². The summed E-state index contributed by atoms with van der Waals surface area (Å²) >= 11 is 1.19. The van der Waals surface area contributed by atoms with Crippen molar-refractivity contribution < 1.29 is 14.7 Å². The van der Waals surface area contributed by atoms with Gasteiger partial charge in [0.2, 0.25) is 5.91 Å². The van der Waals surface area contributed by atoms with Crippen LogP contribution < -0.4 is 11.1 Å². The van der Waals surface area contributed by atoms with Crippen LogP contribution in [0.15, 0.2) is 0 Å². The predicted molar refractivity (Wildman–Crippen MR) is 74.2 cm³/mol. The Bertz CT molecular complexity index is 487. The van der Waals surface area contributed by atoms with E-state index in [1.807, 2.05) is 13.8 Å². The van der Waals surface area contributed by atoms with Crippen LogP contribution in [-0.2, 0) is 16.6 Å². The van der Waals surface area contributed by atoms with Gasteiger partial charge in [-0.2, -0.15) is 5.10 Å². The highest BCUT2D eigenvalue weighted by Gasteiger charge is 2.14. The molecule has 0 radical (unpaired) electrons. The molecule has 0 saturated carbocycles. The van der Waals surface area contributed by atoms with E-state index in [9.17, 15) is 9.59 Å². The standard InChI is InChI=1S/C11H18N4O3S/c1-6-10(7(2)15(3)14-6)13-9(16)5-19-4-8(12)11(17)18/h8H,4-5,12H2,1-3H3,(H,13,16)(H,17,18)/t8-/m0/s1. The van der Waals surface area contributed by atoms with Gasteiger partial charge in [0.25, 0.3) is 0 Å². The Labute approximate surface area is 115 Å². The number of nitrogens with one attached hydrogen (secondary N) is 1. The summed E-state index contributed by atoms with van der Waals surface area (Å²) in [7, 11) is 1.80. The number of thioether (sulfide) groups is 1. The molecule has 0 fully saturated rings. The van der Waals surface area contributed by atoms with Gasteiger partial charge in [-0.3, -0.25) is 14.3 Å². The lowest BCUT2D eigenvalue weighted by Crippen LogP contribution is -2.33. The van der Waals surface area contributed by atoms with Gasteiger partial charge in [-0.15, -0.1) is 11.8 Å². The molecule has 1 rings (SSSR count). The van der Waals surface area contributed by atoms with E-state index < -0.39 is 12.0 Å². The fraction of sp³-hybridized carbons (Fsp3) is 0.545. The van der Waals surface area contributed by atoms with Crippen LogP contribution in [0.25, 0.3) is 0 Å². The molecular weight excluding hydrogens is 268 g/mol. The number of aryl methyl sites for hydroxylation is 2. The maximum atomic E-state index is 11.7. The lowest BCUT2D eigenvalue weighted by molar-refractivity contribution is -0.137. The maximum Gasteiger partial charge on any atom is 0.321 e. The Morgan fingerprint density at radius 3 is 2.63 bits per heavy atom. The minimum atomic E-state index is -1.06. The first-order valence-electron chi connectivity index (χ1n) is 5.69. The van der Waals surface area contributed by atoms with E-state index in [2.05, 4.69) is 10.4 Å². The maximum absolute atomic E-state index is 11.7. The first-order chi connectivity index (χ1) is 8.82. The number of rotatable bonds is 6. The summed E-state index contributed by atoms with van der Waals surface area (Å²) in [5.74, 6) is -0.892. The number of aliphatic carboxylic acids is 1. The molecule has 0 bridgehead atoms. The summed E-state index contributed by atoms with van der Waals surface area (Å²) in [6.45, 7) is 3.68. The largest absolute Gasteiger partial charge is 0.480 e. The van der Waals surface area contributed by atoms with Gasteiger partial charge in [0.15, 0.2) is 0 Å². The lowest BCUT2D eigenvalue weighted by atomic mass is 10.3. The number of nitrogens with zero attached hydrogens (tertiary/aromatic N) is 2. The Morgan fingerprint density at radius 2 is 2.16 bits per heavy atom. The summed E-state index contributed by atoms with van der Waals surface area (Å²) in [6, 6.07) is -0.945. The zero-order chi connectivity index (χ0) is 14.6. The van der Waals surface area contributed by atoms with Crippen LogP contribution in [0.5, 0.6) is 0 Å². The number of aromatic nitrogens is 2. The van der Waals surface area contributed by atoms with Crippen LogP contribution in [0.4, 0.5) is 5.69 Å². The number of carboxylic acids is 1. The third-order valence-electron chi connectivity index (χ3n) is 2.62. The Kier molecular flexibility index (Phi) is 5.37. The highest BCUT2D eigenvalue weighted by Crippen LogP contribution is 2.18. The quantitative estimate of drug-likeness (QED) is 0.685. The molecule has 1 aromatic rings. The van der Waals surface area contributed by atoms with Gasteiger partial charge in [-0.1, -0.05) is 0 Å². The molecule has 0 aliphatic carbocycles. The lowest BCUT2D eigenvalue weighted by Gasteiger charge is -2.07. The minimum Gasteiger partial charge on any atom is -0.480 e. The molecule has 0 aliphatic rings. The molecule has 0 aromatic carbocycles. The average molecular weight is 286 g/mol. The summed E-state index contributed by atoms with van der Waals surface area (Å²) in [5, 5.41) is 15.6. The van der Waals surface area contributed by atoms with Crippen LogP contribution in [0.2, 0.25) is 0 Å².